The lowest BCUT2D eigenvalue weighted by Crippen LogP contribution is -2.28. The molecule has 0 atom stereocenters. The van der Waals surface area contributed by atoms with Crippen molar-refractivity contribution in [2.75, 3.05) is 26.1 Å². The van der Waals surface area contributed by atoms with Gasteiger partial charge in [-0.3, -0.25) is 9.68 Å². The Labute approximate surface area is 154 Å². The minimum Gasteiger partial charge on any atom is -0.296 e. The van der Waals surface area contributed by atoms with Gasteiger partial charge in [-0.25, -0.2) is 18.2 Å². The van der Waals surface area contributed by atoms with Crippen LogP contribution in [0.15, 0.2) is 10.3 Å². The molecule has 0 heterocycles. The van der Waals surface area contributed by atoms with E-state index in [0.29, 0.717) is 22.3 Å². The third-order valence-electron chi connectivity index (χ3n) is 2.08. The summed E-state index contributed by atoms with van der Waals surface area (Å²) in [6.45, 7) is 3.36. The molecule has 12 heteroatoms. The highest BCUT2D eigenvalue weighted by atomic mass is 32.2. The Balaban J connectivity index is 4.32. The molecule has 0 aliphatic rings. The fraction of sp³-hybridized carbons (Fsp3) is 0.583. The number of hydrogen-bond acceptors (Lipinski definition) is 10. The molecule has 0 bridgehead atoms. The average molecular weight is 394 g/mol. The summed E-state index contributed by atoms with van der Waals surface area (Å²) in [5.74, 6) is 0.568. The maximum absolute atomic E-state index is 11.8. The highest BCUT2D eigenvalue weighted by Gasteiger charge is 2.19. The van der Waals surface area contributed by atoms with Gasteiger partial charge in [0.05, 0.1) is 18.2 Å². The monoisotopic (exact) mass is 393 g/mol. The van der Waals surface area contributed by atoms with Gasteiger partial charge in [0.15, 0.2) is 0 Å². The van der Waals surface area contributed by atoms with E-state index in [4.69, 9.17) is 10.1 Å². The summed E-state index contributed by atoms with van der Waals surface area (Å²) >= 11 is 3.42. The lowest BCUT2D eigenvalue weighted by Gasteiger charge is -2.19. The fourth-order valence-electron chi connectivity index (χ4n) is 0.880. The molecule has 24 heavy (non-hydrogen) atoms. The minimum absolute atomic E-state index is 0.382. The Morgan fingerprint density at radius 2 is 1.58 bits per heavy atom. The molecule has 0 spiro atoms. The highest BCUT2D eigenvalue weighted by Crippen LogP contribution is 2.15. The van der Waals surface area contributed by atoms with E-state index in [9.17, 15) is 9.59 Å². The van der Waals surface area contributed by atoms with Crippen LogP contribution in [0.3, 0.4) is 0 Å². The standard InChI is InChI=1S/C12H19N5O4S3/c1-9(22-5)14-20-11(18)16(3)24-17(4)12(19)21-15-10(2)23-8-6-7-13/h6,8H2,1-5H3/b14-9+,15-10+. The molecule has 0 aliphatic heterocycles. The molecule has 0 unspecified atom stereocenters. The van der Waals surface area contributed by atoms with Crippen molar-refractivity contribution in [1.82, 2.24) is 8.61 Å². The van der Waals surface area contributed by atoms with Gasteiger partial charge in [0, 0.05) is 26.3 Å². The zero-order valence-corrected chi connectivity index (χ0v) is 16.5. The van der Waals surface area contributed by atoms with E-state index in [2.05, 4.69) is 15.1 Å². The number of nitriles is 1. The van der Waals surface area contributed by atoms with Crippen molar-refractivity contribution in [3.8, 4) is 6.07 Å². The summed E-state index contributed by atoms with van der Waals surface area (Å²) in [6.07, 6.45) is 0.686. The van der Waals surface area contributed by atoms with Crippen LogP contribution in [0.25, 0.3) is 0 Å². The number of oxime groups is 2. The quantitative estimate of drug-likeness (QED) is 0.169. The molecule has 0 aromatic heterocycles. The number of carbonyl (C=O) groups excluding carboxylic acids is 2. The SMILES string of the molecule is CS/C(C)=N/OC(=O)N(C)SN(C)C(=O)O/N=C(\C)SCCC#N. The van der Waals surface area contributed by atoms with Crippen molar-refractivity contribution in [1.29, 1.82) is 5.26 Å². The first-order valence-electron chi connectivity index (χ1n) is 6.52. The van der Waals surface area contributed by atoms with E-state index in [1.165, 1.54) is 37.6 Å². The van der Waals surface area contributed by atoms with Crippen LogP contribution in [0.1, 0.15) is 20.3 Å². The Bertz CT molecular complexity index is 535. The smallest absolute Gasteiger partial charge is 0.296 e. The third kappa shape index (κ3) is 10.2. The van der Waals surface area contributed by atoms with Gasteiger partial charge in [0.2, 0.25) is 0 Å². The van der Waals surface area contributed by atoms with Crippen molar-refractivity contribution < 1.29 is 19.3 Å². The molecule has 134 valence electrons. The lowest BCUT2D eigenvalue weighted by molar-refractivity contribution is 0.131. The van der Waals surface area contributed by atoms with Crippen molar-refractivity contribution in [3.63, 3.8) is 0 Å². The molecule has 0 saturated carbocycles. The predicted molar refractivity (Wildman–Crippen MR) is 98.5 cm³/mol. The summed E-state index contributed by atoms with van der Waals surface area (Å²) in [5, 5.41) is 16.8. The van der Waals surface area contributed by atoms with Gasteiger partial charge in [-0.15, -0.1) is 23.5 Å². The van der Waals surface area contributed by atoms with Crippen LogP contribution >= 0.6 is 35.7 Å². The van der Waals surface area contributed by atoms with Crippen LogP contribution < -0.4 is 0 Å². The number of nitrogens with zero attached hydrogens (tertiary/aromatic N) is 5. The van der Waals surface area contributed by atoms with E-state index in [1.54, 1.807) is 20.1 Å². The second-order valence-electron chi connectivity index (χ2n) is 3.97. The Morgan fingerprint density at radius 3 is 2.04 bits per heavy atom. The van der Waals surface area contributed by atoms with E-state index >= 15 is 0 Å². The first-order chi connectivity index (χ1) is 11.3. The number of carbonyl (C=O) groups is 2. The molecule has 0 saturated heterocycles. The van der Waals surface area contributed by atoms with Crippen molar-refractivity contribution in [2.45, 2.75) is 20.3 Å². The van der Waals surface area contributed by atoms with Crippen LogP contribution in [-0.2, 0) is 9.68 Å². The molecule has 2 amide bonds. The number of amides is 2. The first-order valence-corrected chi connectivity index (χ1v) is 9.46. The van der Waals surface area contributed by atoms with Crippen LogP contribution in [0.2, 0.25) is 0 Å². The van der Waals surface area contributed by atoms with Crippen molar-refractivity contribution >= 4 is 57.9 Å². The second kappa shape index (κ2) is 12.8. The zero-order chi connectivity index (χ0) is 18.5. The Kier molecular flexibility index (Phi) is 12.0. The maximum atomic E-state index is 11.8. The Morgan fingerprint density at radius 1 is 1.08 bits per heavy atom. The van der Waals surface area contributed by atoms with Gasteiger partial charge in [-0.1, -0.05) is 10.3 Å². The van der Waals surface area contributed by atoms with E-state index in [-0.39, 0.29) is 0 Å². The maximum Gasteiger partial charge on any atom is 0.447 e. The van der Waals surface area contributed by atoms with Gasteiger partial charge in [0.1, 0.15) is 10.1 Å². The molecule has 0 rings (SSSR count). The number of rotatable bonds is 6. The van der Waals surface area contributed by atoms with Gasteiger partial charge in [-0.05, 0) is 20.1 Å². The first kappa shape index (κ1) is 22.4. The van der Waals surface area contributed by atoms with Crippen LogP contribution in [0, 0.1) is 11.3 Å². The number of hydrogen-bond donors (Lipinski definition) is 0. The van der Waals surface area contributed by atoms with E-state index in [1.807, 2.05) is 6.07 Å². The predicted octanol–water partition coefficient (Wildman–Crippen LogP) is 3.36. The van der Waals surface area contributed by atoms with E-state index < -0.39 is 12.2 Å². The molecule has 0 fully saturated rings. The molecule has 0 aromatic carbocycles. The summed E-state index contributed by atoms with van der Waals surface area (Å²) in [5.41, 5.74) is 0. The summed E-state index contributed by atoms with van der Waals surface area (Å²) in [6, 6.07) is 2.00. The largest absolute Gasteiger partial charge is 0.447 e. The van der Waals surface area contributed by atoms with Crippen LogP contribution in [-0.4, -0.2) is 57.0 Å². The number of thioether (sulfide) groups is 2. The minimum atomic E-state index is -0.760. The average Bonchev–Trinajstić information content (AvgIpc) is 2.56. The molecule has 0 N–H and O–H groups in total. The molecule has 0 aliphatic carbocycles. The van der Waals surface area contributed by atoms with Gasteiger partial charge < -0.3 is 0 Å². The summed E-state index contributed by atoms with van der Waals surface area (Å²) < 4.78 is 2.15. The zero-order valence-electron chi connectivity index (χ0n) is 14.0. The van der Waals surface area contributed by atoms with Gasteiger partial charge in [-0.2, -0.15) is 5.26 Å². The van der Waals surface area contributed by atoms with Gasteiger partial charge in [0.25, 0.3) is 0 Å². The Hall–Kier alpha value is -1.58. The third-order valence-corrected chi connectivity index (χ3v) is 4.44. The summed E-state index contributed by atoms with van der Waals surface area (Å²) in [4.78, 5) is 32.8. The van der Waals surface area contributed by atoms with Crippen molar-refractivity contribution in [3.05, 3.63) is 0 Å². The highest BCUT2D eigenvalue weighted by molar-refractivity contribution is 8.13. The normalized spacial score (nSPS) is 11.5. The van der Waals surface area contributed by atoms with Gasteiger partial charge >= 0.3 is 12.2 Å². The van der Waals surface area contributed by atoms with Crippen LogP contribution in [0.4, 0.5) is 9.59 Å². The molecule has 9 nitrogen and oxygen atoms in total. The fourth-order valence-corrected chi connectivity index (χ4v) is 2.14. The van der Waals surface area contributed by atoms with Crippen molar-refractivity contribution in [2.24, 2.45) is 10.3 Å². The lowest BCUT2D eigenvalue weighted by atomic mass is 10.6. The van der Waals surface area contributed by atoms with E-state index in [0.717, 1.165) is 20.7 Å². The van der Waals surface area contributed by atoms with Crippen LogP contribution in [0.5, 0.6) is 0 Å². The molecular formula is C12H19N5O4S3. The topological polar surface area (TPSA) is 108 Å². The second-order valence-corrected chi connectivity index (χ2v) is 7.52. The molecule has 0 radical (unpaired) electrons. The molecule has 0 aromatic rings. The molecular weight excluding hydrogens is 374 g/mol. The summed E-state index contributed by atoms with van der Waals surface area (Å²) in [7, 11) is 2.84.